The molecule has 4 heterocycles. The molecular weight excluding hydrogens is 468 g/mol. The van der Waals surface area contributed by atoms with Crippen LogP contribution in [0.4, 0.5) is 14.5 Å². The third kappa shape index (κ3) is 4.24. The fourth-order valence-corrected chi connectivity index (χ4v) is 5.62. The molecule has 2 fully saturated rings. The molecule has 1 amide bonds. The van der Waals surface area contributed by atoms with E-state index in [4.69, 9.17) is 4.74 Å². The molecule has 0 saturated carbocycles. The molecule has 0 radical (unpaired) electrons. The number of ether oxygens (including phenoxy) is 1. The first kappa shape index (κ1) is 22.7. The average Bonchev–Trinajstić information content (AvgIpc) is 3.48. The molecule has 1 aromatic carbocycles. The van der Waals surface area contributed by atoms with E-state index in [0.29, 0.717) is 24.2 Å². The number of pyridine rings is 1. The Morgan fingerprint density at radius 1 is 1.12 bits per heavy atom. The maximum absolute atomic E-state index is 14.5. The van der Waals surface area contributed by atoms with Gasteiger partial charge in [-0.3, -0.25) is 4.79 Å². The van der Waals surface area contributed by atoms with E-state index in [2.05, 4.69) is 9.82 Å². The molecule has 2 aliphatic rings. The van der Waals surface area contributed by atoms with Gasteiger partial charge in [0.25, 0.3) is 5.91 Å². The van der Waals surface area contributed by atoms with Gasteiger partial charge in [-0.2, -0.15) is 17.8 Å². The van der Waals surface area contributed by atoms with Crippen LogP contribution in [0.15, 0.2) is 42.7 Å². The van der Waals surface area contributed by atoms with Gasteiger partial charge in [-0.1, -0.05) is 0 Å². The molecule has 0 bridgehead atoms. The van der Waals surface area contributed by atoms with Crippen LogP contribution in [0.5, 0.6) is 0 Å². The van der Waals surface area contributed by atoms with Crippen molar-refractivity contribution in [3.05, 3.63) is 65.5 Å². The van der Waals surface area contributed by atoms with Crippen LogP contribution in [0.3, 0.4) is 0 Å². The highest BCUT2D eigenvalue weighted by atomic mass is 32.2. The van der Waals surface area contributed by atoms with Crippen molar-refractivity contribution in [3.63, 3.8) is 0 Å². The summed E-state index contributed by atoms with van der Waals surface area (Å²) < 4.78 is 63.4. The number of benzene rings is 1. The lowest BCUT2D eigenvalue weighted by Crippen LogP contribution is -2.48. The molecule has 12 heteroatoms. The maximum Gasteiger partial charge on any atom is 0.304 e. The monoisotopic (exact) mass is 491 g/mol. The molecule has 2 aromatic heterocycles. The quantitative estimate of drug-likeness (QED) is 0.588. The van der Waals surface area contributed by atoms with Crippen LogP contribution < -0.4 is 9.62 Å². The molecule has 0 spiro atoms. The summed E-state index contributed by atoms with van der Waals surface area (Å²) >= 11 is 0. The fourth-order valence-electron chi connectivity index (χ4n) is 4.52. The molecule has 0 aliphatic carbocycles. The number of morpholine rings is 1. The number of amides is 1. The summed E-state index contributed by atoms with van der Waals surface area (Å²) in [4.78, 5) is 14.8. The minimum atomic E-state index is -4.03. The van der Waals surface area contributed by atoms with Gasteiger partial charge in [0.1, 0.15) is 11.6 Å². The molecular formula is C22H23F2N5O4S. The number of carbonyl (C=O) groups excluding carboxylic acids is 1. The van der Waals surface area contributed by atoms with Gasteiger partial charge in [-0.15, -0.1) is 0 Å². The van der Waals surface area contributed by atoms with E-state index >= 15 is 0 Å². The van der Waals surface area contributed by atoms with Crippen LogP contribution in [-0.2, 0) is 14.9 Å². The Labute approximate surface area is 195 Å². The van der Waals surface area contributed by atoms with Crippen LogP contribution in [0.2, 0.25) is 0 Å². The Bertz CT molecular complexity index is 1340. The first-order valence-corrected chi connectivity index (χ1v) is 12.4. The second kappa shape index (κ2) is 8.93. The van der Waals surface area contributed by atoms with E-state index in [-0.39, 0.29) is 43.5 Å². The highest BCUT2D eigenvalue weighted by Crippen LogP contribution is 2.38. The zero-order chi connectivity index (χ0) is 23.9. The number of hydrogen-bond donors (Lipinski definition) is 1. The van der Waals surface area contributed by atoms with E-state index in [9.17, 15) is 22.0 Å². The zero-order valence-corrected chi connectivity index (χ0v) is 19.0. The smallest absolute Gasteiger partial charge is 0.304 e. The molecule has 3 aromatic rings. The second-order valence-corrected chi connectivity index (χ2v) is 9.91. The molecule has 1 N–H and O–H groups in total. The number of nitrogens with zero attached hydrogens (tertiary/aromatic N) is 4. The lowest BCUT2D eigenvalue weighted by Gasteiger charge is -2.27. The number of rotatable bonds is 5. The third-order valence-electron chi connectivity index (χ3n) is 6.18. The predicted molar refractivity (Wildman–Crippen MR) is 120 cm³/mol. The standard InChI is InChI=1S/C22H23F2N5O4S/c23-15-3-4-19(24)17(12-15)20-2-1-6-28(20)16-5-7-29-21(13-16)18(14-25-29)22(30)26-34(31,32)27-8-10-33-11-9-27/h3-5,7,12-14,20H,1-2,6,8-11H2,(H,26,30)/t20-/m1/s1. The van der Waals surface area contributed by atoms with Gasteiger partial charge in [0.15, 0.2) is 0 Å². The molecule has 0 unspecified atom stereocenters. The van der Waals surface area contributed by atoms with Crippen LogP contribution in [0, 0.1) is 11.6 Å². The number of anilines is 1. The molecule has 180 valence electrons. The second-order valence-electron chi connectivity index (χ2n) is 8.24. The van der Waals surface area contributed by atoms with Gasteiger partial charge < -0.3 is 9.64 Å². The van der Waals surface area contributed by atoms with Crippen molar-refractivity contribution in [2.45, 2.75) is 18.9 Å². The van der Waals surface area contributed by atoms with Gasteiger partial charge in [0.05, 0.1) is 36.5 Å². The van der Waals surface area contributed by atoms with Crippen molar-refractivity contribution in [1.82, 2.24) is 18.6 Å². The van der Waals surface area contributed by atoms with Crippen molar-refractivity contribution in [2.75, 3.05) is 37.7 Å². The summed E-state index contributed by atoms with van der Waals surface area (Å²) in [6.45, 7) is 1.47. The van der Waals surface area contributed by atoms with E-state index < -0.39 is 27.8 Å². The van der Waals surface area contributed by atoms with Crippen molar-refractivity contribution in [2.24, 2.45) is 0 Å². The van der Waals surface area contributed by atoms with Gasteiger partial charge in [-0.25, -0.2) is 18.0 Å². The van der Waals surface area contributed by atoms with Crippen molar-refractivity contribution < 1.29 is 26.7 Å². The van der Waals surface area contributed by atoms with E-state index in [1.54, 1.807) is 18.3 Å². The summed E-state index contributed by atoms with van der Waals surface area (Å²) in [5, 5.41) is 4.15. The van der Waals surface area contributed by atoms with E-state index in [1.807, 2.05) is 4.90 Å². The number of carbonyl (C=O) groups is 1. The normalized spacial score (nSPS) is 19.6. The Hall–Kier alpha value is -3.09. The number of hydrogen-bond acceptors (Lipinski definition) is 6. The number of fused-ring (bicyclic) bond motifs is 1. The SMILES string of the molecule is O=C(NS(=O)(=O)N1CCOCC1)c1cnn2ccc(N3CCC[C@@H]3c3cc(F)ccc3F)cc12. The Balaban J connectivity index is 1.44. The van der Waals surface area contributed by atoms with Gasteiger partial charge in [0.2, 0.25) is 0 Å². The predicted octanol–water partition coefficient (Wildman–Crippen LogP) is 2.26. The summed E-state index contributed by atoms with van der Waals surface area (Å²) in [7, 11) is -4.03. The Morgan fingerprint density at radius 2 is 1.91 bits per heavy atom. The first-order valence-electron chi connectivity index (χ1n) is 10.9. The lowest BCUT2D eigenvalue weighted by atomic mass is 10.0. The van der Waals surface area contributed by atoms with Crippen molar-refractivity contribution in [1.29, 1.82) is 0 Å². The van der Waals surface area contributed by atoms with Crippen molar-refractivity contribution in [3.8, 4) is 0 Å². The topological polar surface area (TPSA) is 96.2 Å². The number of nitrogens with one attached hydrogen (secondary N) is 1. The highest BCUT2D eigenvalue weighted by Gasteiger charge is 2.30. The molecule has 1 atom stereocenters. The molecule has 5 rings (SSSR count). The van der Waals surface area contributed by atoms with E-state index in [0.717, 1.165) is 22.9 Å². The number of halogens is 2. The van der Waals surface area contributed by atoms with Crippen LogP contribution >= 0.6 is 0 Å². The molecule has 34 heavy (non-hydrogen) atoms. The summed E-state index contributed by atoms with van der Waals surface area (Å²) in [5.41, 5.74) is 1.47. The summed E-state index contributed by atoms with van der Waals surface area (Å²) in [6.07, 6.45) is 4.39. The minimum Gasteiger partial charge on any atom is -0.379 e. The highest BCUT2D eigenvalue weighted by molar-refractivity contribution is 7.87. The molecule has 9 nitrogen and oxygen atoms in total. The minimum absolute atomic E-state index is 0.0892. The van der Waals surface area contributed by atoms with Crippen LogP contribution in [0.25, 0.3) is 5.52 Å². The Morgan fingerprint density at radius 3 is 2.71 bits per heavy atom. The third-order valence-corrected chi connectivity index (χ3v) is 7.67. The van der Waals surface area contributed by atoms with Gasteiger partial charge in [0, 0.05) is 37.1 Å². The summed E-state index contributed by atoms with van der Waals surface area (Å²) in [5.74, 6) is -1.78. The molecule has 2 saturated heterocycles. The van der Waals surface area contributed by atoms with Crippen LogP contribution in [-0.4, -0.2) is 61.1 Å². The first-order chi connectivity index (χ1) is 16.3. The maximum atomic E-state index is 14.5. The Kier molecular flexibility index (Phi) is 5.96. The van der Waals surface area contributed by atoms with Crippen LogP contribution in [0.1, 0.15) is 34.8 Å². The zero-order valence-electron chi connectivity index (χ0n) is 18.2. The lowest BCUT2D eigenvalue weighted by molar-refractivity contribution is 0.0719. The van der Waals surface area contributed by atoms with Crippen molar-refractivity contribution >= 4 is 27.3 Å². The fraction of sp³-hybridized carbons (Fsp3) is 0.364. The summed E-state index contributed by atoms with van der Waals surface area (Å²) in [6, 6.07) is 6.55. The number of aromatic nitrogens is 2. The van der Waals surface area contributed by atoms with Gasteiger partial charge >= 0.3 is 10.2 Å². The average molecular weight is 492 g/mol. The largest absolute Gasteiger partial charge is 0.379 e. The molecule has 2 aliphatic heterocycles. The van der Waals surface area contributed by atoms with E-state index in [1.165, 1.54) is 16.8 Å². The van der Waals surface area contributed by atoms with Gasteiger partial charge in [-0.05, 0) is 43.2 Å².